The van der Waals surface area contributed by atoms with Crippen LogP contribution < -0.4 is 11.5 Å². The number of nitrogen functional groups attached to an aromatic ring is 2. The van der Waals surface area contributed by atoms with Gasteiger partial charge in [0.05, 0.1) is 23.1 Å². The fourth-order valence-corrected chi connectivity index (χ4v) is 7.60. The van der Waals surface area contributed by atoms with Gasteiger partial charge in [-0.2, -0.15) is 10.2 Å². The second-order valence-electron chi connectivity index (χ2n) is 14.2. The van der Waals surface area contributed by atoms with E-state index in [1.54, 1.807) is 9.80 Å². The van der Waals surface area contributed by atoms with Crippen LogP contribution in [-0.4, -0.2) is 70.7 Å². The predicted molar refractivity (Wildman–Crippen MR) is 205 cm³/mol. The van der Waals surface area contributed by atoms with Crippen LogP contribution in [0, 0.1) is 0 Å². The molecule has 1 aliphatic rings. The third-order valence-electron chi connectivity index (χ3n) is 10.5. The summed E-state index contributed by atoms with van der Waals surface area (Å²) in [5.74, 6) is 0.748. The molecular formula is C41H48N8O3. The molecule has 0 saturated carbocycles. The first-order valence-electron chi connectivity index (χ1n) is 18.3. The van der Waals surface area contributed by atoms with Crippen molar-refractivity contribution in [2.24, 2.45) is 0 Å². The quantitative estimate of drug-likeness (QED) is 0.0923. The lowest BCUT2D eigenvalue weighted by atomic mass is 9.90. The van der Waals surface area contributed by atoms with Crippen LogP contribution in [0.15, 0.2) is 84.9 Å². The van der Waals surface area contributed by atoms with Gasteiger partial charge in [0.15, 0.2) is 11.6 Å². The zero-order chi connectivity index (χ0) is 36.4. The molecule has 52 heavy (non-hydrogen) atoms. The molecule has 0 unspecified atom stereocenters. The SMILES string of the molecule is CCCc1ccc(C[C@@H]2[C@H](O)[C@@H](O)[C@@H](Cc3ccc(CCC)cc3)N(Cc3ccc4[nH]nc(N)c4c3)C(=O)N2Cc2ccc3[nH]nc(N)c3c2)cc1. The highest BCUT2D eigenvalue weighted by molar-refractivity contribution is 5.90. The molecule has 0 spiro atoms. The van der Waals surface area contributed by atoms with Crippen molar-refractivity contribution in [2.75, 3.05) is 11.5 Å². The van der Waals surface area contributed by atoms with Crippen LogP contribution in [0.5, 0.6) is 0 Å². The number of carbonyl (C=O) groups is 1. The van der Waals surface area contributed by atoms with Gasteiger partial charge in [-0.05, 0) is 83.3 Å². The third-order valence-corrected chi connectivity index (χ3v) is 10.5. The molecule has 1 fully saturated rings. The fourth-order valence-electron chi connectivity index (χ4n) is 7.60. The number of rotatable bonds is 12. The maximum absolute atomic E-state index is 15.2. The number of carbonyl (C=O) groups excluding carboxylic acids is 1. The maximum Gasteiger partial charge on any atom is 0.321 e. The molecule has 3 heterocycles. The number of aliphatic hydroxyl groups excluding tert-OH is 2. The standard InChI is InChI=1S/C41H48N8O3/c1-3-5-25-7-11-27(12-8-25)21-35-37(50)38(51)36(22-28-13-9-26(6-4-2)10-14-28)49(24-30-16-18-34-32(20-30)40(43)47-45-34)41(52)48(35)23-29-15-17-33-31(19-29)39(42)46-44-33/h7-20,35-38,50-51H,3-6,21-24H2,1-2H3,(H3,42,44,46)(H3,43,45,47)/t35-,36-,37+,38+/m1/s1. The van der Waals surface area contributed by atoms with Gasteiger partial charge in [-0.25, -0.2) is 4.79 Å². The first-order chi connectivity index (χ1) is 25.2. The Bertz CT molecular complexity index is 1990. The Morgan fingerprint density at radius 1 is 0.596 bits per heavy atom. The summed E-state index contributed by atoms with van der Waals surface area (Å²) in [6, 6.07) is 26.5. The number of amides is 2. The summed E-state index contributed by atoms with van der Waals surface area (Å²) in [4.78, 5) is 18.7. The van der Waals surface area contributed by atoms with Gasteiger partial charge in [-0.3, -0.25) is 10.2 Å². The van der Waals surface area contributed by atoms with Crippen molar-refractivity contribution in [2.45, 2.75) is 89.8 Å². The van der Waals surface area contributed by atoms with E-state index in [1.165, 1.54) is 11.1 Å². The minimum absolute atomic E-state index is 0.185. The number of benzene rings is 4. The highest BCUT2D eigenvalue weighted by Crippen LogP contribution is 2.32. The predicted octanol–water partition coefficient (Wildman–Crippen LogP) is 5.89. The Kier molecular flexibility index (Phi) is 10.2. The zero-order valence-corrected chi connectivity index (χ0v) is 29.8. The molecule has 11 heteroatoms. The van der Waals surface area contributed by atoms with E-state index in [1.807, 2.05) is 36.4 Å². The topological polar surface area (TPSA) is 173 Å². The number of hydrogen-bond acceptors (Lipinski definition) is 7. The van der Waals surface area contributed by atoms with Crippen molar-refractivity contribution in [3.63, 3.8) is 0 Å². The Morgan fingerprint density at radius 3 is 1.35 bits per heavy atom. The third kappa shape index (κ3) is 7.19. The normalized spacial score (nSPS) is 19.5. The van der Waals surface area contributed by atoms with E-state index in [4.69, 9.17) is 11.5 Å². The molecule has 2 amide bonds. The molecule has 4 aromatic carbocycles. The Hall–Kier alpha value is -5.39. The van der Waals surface area contributed by atoms with E-state index in [-0.39, 0.29) is 19.1 Å². The number of aryl methyl sites for hydroxylation is 2. The first-order valence-corrected chi connectivity index (χ1v) is 18.3. The number of urea groups is 1. The van der Waals surface area contributed by atoms with E-state index < -0.39 is 24.3 Å². The van der Waals surface area contributed by atoms with Gasteiger partial charge in [0.25, 0.3) is 0 Å². The van der Waals surface area contributed by atoms with Crippen molar-refractivity contribution in [1.82, 2.24) is 30.2 Å². The Morgan fingerprint density at radius 2 is 0.962 bits per heavy atom. The highest BCUT2D eigenvalue weighted by atomic mass is 16.3. The lowest BCUT2D eigenvalue weighted by Gasteiger charge is -2.36. The molecule has 11 nitrogen and oxygen atoms in total. The average Bonchev–Trinajstić information content (AvgIpc) is 3.71. The lowest BCUT2D eigenvalue weighted by Crippen LogP contribution is -2.50. The summed E-state index contributed by atoms with van der Waals surface area (Å²) in [5, 5.41) is 40.2. The van der Waals surface area contributed by atoms with E-state index in [9.17, 15) is 10.2 Å². The van der Waals surface area contributed by atoms with Crippen LogP contribution >= 0.6 is 0 Å². The van der Waals surface area contributed by atoms with Crippen molar-refractivity contribution in [1.29, 1.82) is 0 Å². The summed E-state index contributed by atoms with van der Waals surface area (Å²) in [7, 11) is 0. The monoisotopic (exact) mass is 700 g/mol. The van der Waals surface area contributed by atoms with Gasteiger partial charge in [-0.15, -0.1) is 0 Å². The van der Waals surface area contributed by atoms with Gasteiger partial charge in [0, 0.05) is 23.9 Å². The summed E-state index contributed by atoms with van der Waals surface area (Å²) in [6.45, 7) is 4.67. The largest absolute Gasteiger partial charge is 0.388 e. The Labute approximate surface area is 303 Å². The smallest absolute Gasteiger partial charge is 0.321 e. The van der Waals surface area contributed by atoms with E-state index in [0.717, 1.165) is 69.7 Å². The van der Waals surface area contributed by atoms with Crippen LogP contribution in [0.3, 0.4) is 0 Å². The van der Waals surface area contributed by atoms with E-state index in [0.29, 0.717) is 24.5 Å². The molecule has 6 aromatic rings. The molecule has 270 valence electrons. The molecule has 1 saturated heterocycles. The molecule has 0 radical (unpaired) electrons. The van der Waals surface area contributed by atoms with Crippen LogP contribution in [0.1, 0.15) is 60.1 Å². The van der Waals surface area contributed by atoms with Crippen LogP contribution in [0.4, 0.5) is 16.4 Å². The van der Waals surface area contributed by atoms with Crippen LogP contribution in [0.25, 0.3) is 21.8 Å². The molecule has 1 aliphatic heterocycles. The first kappa shape index (κ1) is 35.0. The number of aliphatic hydroxyl groups is 2. The molecule has 2 aromatic heterocycles. The van der Waals surface area contributed by atoms with Gasteiger partial charge >= 0.3 is 6.03 Å². The fraction of sp³-hybridized carbons (Fsp3) is 0.341. The lowest BCUT2D eigenvalue weighted by molar-refractivity contribution is -0.0408. The number of hydrogen-bond donors (Lipinski definition) is 6. The van der Waals surface area contributed by atoms with Gasteiger partial charge < -0.3 is 31.5 Å². The number of aromatic amines is 2. The molecule has 7 rings (SSSR count). The van der Waals surface area contributed by atoms with Gasteiger partial charge in [0.2, 0.25) is 0 Å². The number of aromatic nitrogens is 4. The molecule has 4 atom stereocenters. The molecule has 0 aliphatic carbocycles. The van der Waals surface area contributed by atoms with E-state index >= 15 is 4.79 Å². The number of nitrogens with zero attached hydrogens (tertiary/aromatic N) is 4. The number of anilines is 2. The van der Waals surface area contributed by atoms with Crippen LogP contribution in [0.2, 0.25) is 0 Å². The van der Waals surface area contributed by atoms with Crippen molar-refractivity contribution in [3.05, 3.63) is 118 Å². The minimum atomic E-state index is -1.25. The van der Waals surface area contributed by atoms with E-state index in [2.05, 4.69) is 82.8 Å². The minimum Gasteiger partial charge on any atom is -0.388 e. The molecule has 0 bridgehead atoms. The second kappa shape index (κ2) is 15.1. The van der Waals surface area contributed by atoms with Crippen molar-refractivity contribution >= 4 is 39.5 Å². The van der Waals surface area contributed by atoms with Gasteiger partial charge in [-0.1, -0.05) is 87.4 Å². The highest BCUT2D eigenvalue weighted by Gasteiger charge is 2.46. The summed E-state index contributed by atoms with van der Waals surface area (Å²) < 4.78 is 0. The Balaban J connectivity index is 1.31. The van der Waals surface area contributed by atoms with Crippen LogP contribution in [-0.2, 0) is 38.8 Å². The summed E-state index contributed by atoms with van der Waals surface area (Å²) in [6.07, 6.45) is 2.25. The maximum atomic E-state index is 15.2. The number of nitrogens with one attached hydrogen (secondary N) is 2. The zero-order valence-electron chi connectivity index (χ0n) is 29.8. The summed E-state index contributed by atoms with van der Waals surface area (Å²) in [5.41, 5.74) is 20.0. The van der Waals surface area contributed by atoms with Crippen molar-refractivity contribution < 1.29 is 15.0 Å². The number of H-pyrrole nitrogens is 2. The number of nitrogens with two attached hydrogens (primary N) is 2. The number of fused-ring (bicyclic) bond motifs is 2. The van der Waals surface area contributed by atoms with Crippen molar-refractivity contribution in [3.8, 4) is 0 Å². The molecule has 8 N–H and O–H groups in total. The average molecular weight is 701 g/mol. The summed E-state index contributed by atoms with van der Waals surface area (Å²) >= 11 is 0. The van der Waals surface area contributed by atoms with Gasteiger partial charge in [0.1, 0.15) is 12.2 Å². The second-order valence-corrected chi connectivity index (χ2v) is 14.2. The molecular weight excluding hydrogens is 653 g/mol.